The Balaban J connectivity index is 1.85. The third-order valence-electron chi connectivity index (χ3n) is 5.67. The quantitative estimate of drug-likeness (QED) is 0.390. The summed E-state index contributed by atoms with van der Waals surface area (Å²) in [5, 5.41) is 3.36. The number of nitrogens with one attached hydrogen (secondary N) is 1. The lowest BCUT2D eigenvalue weighted by Crippen LogP contribution is -2.42. The fraction of sp³-hybridized carbons (Fsp3) is 0.192. The minimum Gasteiger partial charge on any atom is -0.497 e. The van der Waals surface area contributed by atoms with E-state index >= 15 is 0 Å². The van der Waals surface area contributed by atoms with Crippen molar-refractivity contribution in [2.75, 3.05) is 26.6 Å². The Morgan fingerprint density at radius 1 is 0.889 bits per heavy atom. The fourth-order valence-electron chi connectivity index (χ4n) is 3.88. The Kier molecular flexibility index (Phi) is 7.30. The molecule has 0 aliphatic carbocycles. The van der Waals surface area contributed by atoms with Crippen LogP contribution in [0.15, 0.2) is 70.3 Å². The van der Waals surface area contributed by atoms with Gasteiger partial charge in [-0.25, -0.2) is 4.79 Å². The number of anilines is 1. The molecule has 0 radical (unpaired) electrons. The van der Waals surface area contributed by atoms with Crippen LogP contribution in [0.25, 0.3) is 10.9 Å². The van der Waals surface area contributed by atoms with Crippen molar-refractivity contribution in [3.8, 4) is 17.2 Å². The lowest BCUT2D eigenvalue weighted by molar-refractivity contribution is -0.116. The highest BCUT2D eigenvalue weighted by atomic mass is 35.5. The van der Waals surface area contributed by atoms with Gasteiger partial charge in [-0.05, 0) is 29.8 Å². The third-order valence-corrected chi connectivity index (χ3v) is 6.04. The molecule has 0 fully saturated rings. The summed E-state index contributed by atoms with van der Waals surface area (Å²) in [5.74, 6) is 0.733. The van der Waals surface area contributed by atoms with Crippen molar-refractivity contribution in [1.29, 1.82) is 0 Å². The molecule has 0 aliphatic heterocycles. The van der Waals surface area contributed by atoms with E-state index in [9.17, 15) is 14.4 Å². The van der Waals surface area contributed by atoms with E-state index < -0.39 is 17.2 Å². The van der Waals surface area contributed by atoms with Gasteiger partial charge >= 0.3 is 5.69 Å². The molecular formula is C26H24ClN3O6. The summed E-state index contributed by atoms with van der Waals surface area (Å²) < 4.78 is 18.2. The van der Waals surface area contributed by atoms with Crippen LogP contribution in [-0.4, -0.2) is 36.4 Å². The molecule has 3 aromatic carbocycles. The maximum Gasteiger partial charge on any atom is 0.332 e. The van der Waals surface area contributed by atoms with Crippen molar-refractivity contribution in [3.63, 3.8) is 0 Å². The number of hydrogen-bond donors (Lipinski definition) is 1. The van der Waals surface area contributed by atoms with Gasteiger partial charge in [0.25, 0.3) is 5.56 Å². The van der Waals surface area contributed by atoms with Crippen LogP contribution in [0.2, 0.25) is 5.02 Å². The molecule has 10 heteroatoms. The zero-order valence-corrected chi connectivity index (χ0v) is 20.7. The van der Waals surface area contributed by atoms with E-state index in [0.717, 1.165) is 4.57 Å². The van der Waals surface area contributed by atoms with E-state index in [1.807, 2.05) is 0 Å². The predicted molar refractivity (Wildman–Crippen MR) is 138 cm³/mol. The second kappa shape index (κ2) is 10.6. The van der Waals surface area contributed by atoms with Gasteiger partial charge in [0.2, 0.25) is 5.91 Å². The van der Waals surface area contributed by atoms with E-state index in [-0.39, 0.29) is 24.0 Å². The van der Waals surface area contributed by atoms with Gasteiger partial charge < -0.3 is 19.5 Å². The molecule has 1 heterocycles. The number of aromatic nitrogens is 2. The molecule has 9 nitrogen and oxygen atoms in total. The highest BCUT2D eigenvalue weighted by molar-refractivity contribution is 6.31. The maximum absolute atomic E-state index is 13.6. The van der Waals surface area contributed by atoms with Crippen LogP contribution < -0.4 is 30.8 Å². The van der Waals surface area contributed by atoms with Crippen LogP contribution in [0.1, 0.15) is 5.56 Å². The zero-order chi connectivity index (χ0) is 25.8. The van der Waals surface area contributed by atoms with Gasteiger partial charge in [-0.2, -0.15) is 0 Å². The molecule has 1 aromatic heterocycles. The first kappa shape index (κ1) is 24.9. The number of amides is 1. The molecule has 36 heavy (non-hydrogen) atoms. The summed E-state index contributed by atoms with van der Waals surface area (Å²) in [6.07, 6.45) is 0. The van der Waals surface area contributed by atoms with Crippen LogP contribution in [0.5, 0.6) is 17.2 Å². The molecule has 1 N–H and O–H groups in total. The first-order valence-electron chi connectivity index (χ1n) is 10.9. The minimum atomic E-state index is -0.666. The van der Waals surface area contributed by atoms with Crippen LogP contribution in [0.4, 0.5) is 5.69 Å². The molecular weight excluding hydrogens is 486 g/mol. The average Bonchev–Trinajstić information content (AvgIpc) is 2.89. The number of methoxy groups -OCH3 is 3. The molecule has 1 amide bonds. The maximum atomic E-state index is 13.6. The molecule has 0 unspecified atom stereocenters. The number of halogens is 1. The Labute approximate surface area is 211 Å². The molecule has 0 atom stereocenters. The van der Waals surface area contributed by atoms with E-state index in [1.165, 1.54) is 38.0 Å². The molecule has 4 aromatic rings. The highest BCUT2D eigenvalue weighted by Gasteiger charge is 2.19. The molecule has 4 rings (SSSR count). The summed E-state index contributed by atoms with van der Waals surface area (Å²) in [6, 6.07) is 16.8. The van der Waals surface area contributed by atoms with Crippen molar-refractivity contribution in [2.24, 2.45) is 0 Å². The summed E-state index contributed by atoms with van der Waals surface area (Å²) in [7, 11) is 4.42. The summed E-state index contributed by atoms with van der Waals surface area (Å²) in [4.78, 5) is 40.0. The number of carbonyl (C=O) groups excluding carboxylic acids is 1. The fourth-order valence-corrected chi connectivity index (χ4v) is 4.07. The van der Waals surface area contributed by atoms with E-state index in [2.05, 4.69) is 5.32 Å². The van der Waals surface area contributed by atoms with Crippen molar-refractivity contribution in [3.05, 3.63) is 92.1 Å². The van der Waals surface area contributed by atoms with Crippen LogP contribution >= 0.6 is 11.6 Å². The van der Waals surface area contributed by atoms with Gasteiger partial charge in [-0.1, -0.05) is 35.9 Å². The van der Waals surface area contributed by atoms with Crippen molar-refractivity contribution in [1.82, 2.24) is 9.13 Å². The lowest BCUT2D eigenvalue weighted by Gasteiger charge is -2.17. The molecule has 0 spiro atoms. The second-order valence-corrected chi connectivity index (χ2v) is 8.26. The number of hydrogen-bond acceptors (Lipinski definition) is 6. The van der Waals surface area contributed by atoms with E-state index in [1.54, 1.807) is 48.5 Å². The van der Waals surface area contributed by atoms with Crippen molar-refractivity contribution in [2.45, 2.75) is 13.1 Å². The van der Waals surface area contributed by atoms with Gasteiger partial charge in [-0.15, -0.1) is 0 Å². The Hall–Kier alpha value is -4.24. The topological polar surface area (TPSA) is 101 Å². The van der Waals surface area contributed by atoms with Crippen molar-refractivity contribution >= 4 is 34.1 Å². The van der Waals surface area contributed by atoms with Gasteiger partial charge in [0.05, 0.1) is 38.8 Å². The molecule has 0 bridgehead atoms. The van der Waals surface area contributed by atoms with E-state index in [0.29, 0.717) is 33.5 Å². The third kappa shape index (κ3) is 4.92. The number of carbonyl (C=O) groups is 1. The number of rotatable bonds is 8. The second-order valence-electron chi connectivity index (χ2n) is 7.86. The van der Waals surface area contributed by atoms with Gasteiger partial charge in [-0.3, -0.25) is 18.7 Å². The van der Waals surface area contributed by atoms with Gasteiger partial charge in [0.15, 0.2) is 11.5 Å². The zero-order valence-electron chi connectivity index (χ0n) is 19.9. The normalized spacial score (nSPS) is 10.8. The first-order valence-corrected chi connectivity index (χ1v) is 11.3. The smallest absolute Gasteiger partial charge is 0.332 e. The summed E-state index contributed by atoms with van der Waals surface area (Å²) in [5.41, 5.74) is 0.116. The van der Waals surface area contributed by atoms with Crippen LogP contribution in [0.3, 0.4) is 0 Å². The van der Waals surface area contributed by atoms with Gasteiger partial charge in [0, 0.05) is 22.8 Å². The average molecular weight is 510 g/mol. The number of benzene rings is 3. The first-order chi connectivity index (χ1) is 17.4. The SMILES string of the molecule is COc1cccc(NC(=O)Cn2c(=O)n(Cc3ccccc3Cl)c(=O)c3cc(OC)c(OC)cc32)c1. The molecule has 0 saturated carbocycles. The molecule has 186 valence electrons. The Morgan fingerprint density at radius 2 is 1.61 bits per heavy atom. The van der Waals surface area contributed by atoms with Crippen molar-refractivity contribution < 1.29 is 19.0 Å². The number of nitrogens with zero attached hydrogens (tertiary/aromatic N) is 2. The summed E-state index contributed by atoms with van der Waals surface area (Å²) in [6.45, 7) is -0.427. The van der Waals surface area contributed by atoms with Crippen LogP contribution in [-0.2, 0) is 17.9 Å². The summed E-state index contributed by atoms with van der Waals surface area (Å²) >= 11 is 6.29. The molecule has 0 aliphatic rings. The highest BCUT2D eigenvalue weighted by Crippen LogP contribution is 2.30. The van der Waals surface area contributed by atoms with Crippen LogP contribution in [0, 0.1) is 0 Å². The standard InChI is InChI=1S/C26H24ClN3O6/c1-34-18-9-6-8-17(11-18)28-24(31)15-29-21-13-23(36-3)22(35-2)12-19(21)25(32)30(26(29)33)14-16-7-4-5-10-20(16)27/h4-13H,14-15H2,1-3H3,(H,28,31). The largest absolute Gasteiger partial charge is 0.497 e. The Bertz CT molecular complexity index is 1560. The predicted octanol–water partition coefficient (Wildman–Crippen LogP) is 3.53. The number of ether oxygens (including phenoxy) is 3. The lowest BCUT2D eigenvalue weighted by atomic mass is 10.2. The minimum absolute atomic E-state index is 0.0703. The number of fused-ring (bicyclic) bond motifs is 1. The van der Waals surface area contributed by atoms with E-state index in [4.69, 9.17) is 25.8 Å². The Morgan fingerprint density at radius 3 is 2.31 bits per heavy atom. The molecule has 0 saturated heterocycles. The van der Waals surface area contributed by atoms with Gasteiger partial charge in [0.1, 0.15) is 12.3 Å². The monoisotopic (exact) mass is 509 g/mol.